The zero-order valence-corrected chi connectivity index (χ0v) is 28.7. The van der Waals surface area contributed by atoms with E-state index >= 15 is 0 Å². The molecule has 0 radical (unpaired) electrons. The Morgan fingerprint density at radius 1 is 1.10 bits per heavy atom. The van der Waals surface area contributed by atoms with Crippen molar-refractivity contribution in [2.24, 2.45) is 10.8 Å². The van der Waals surface area contributed by atoms with Crippen LogP contribution in [0.4, 0.5) is 0 Å². The van der Waals surface area contributed by atoms with E-state index in [9.17, 15) is 29.1 Å². The van der Waals surface area contributed by atoms with Gasteiger partial charge in [-0.25, -0.2) is 9.59 Å². The number of aliphatic hydroxyl groups excluding tert-OH is 1. The van der Waals surface area contributed by atoms with Gasteiger partial charge < -0.3 is 38.8 Å². The minimum atomic E-state index is -1.43. The van der Waals surface area contributed by atoms with Gasteiger partial charge in [0.05, 0.1) is 19.2 Å². The van der Waals surface area contributed by atoms with Gasteiger partial charge in [0, 0.05) is 24.3 Å². The number of fused-ring (bicyclic) bond motifs is 4. The van der Waals surface area contributed by atoms with Crippen molar-refractivity contribution in [2.45, 2.75) is 109 Å². The molecule has 272 valence electrons. The van der Waals surface area contributed by atoms with Crippen LogP contribution in [0.3, 0.4) is 0 Å². The molecule has 5 fully saturated rings. The van der Waals surface area contributed by atoms with Crippen LogP contribution >= 0.6 is 0 Å². The molecule has 1 amide bonds. The van der Waals surface area contributed by atoms with Gasteiger partial charge in [-0.05, 0) is 44.4 Å². The average molecular weight is 701 g/mol. The highest BCUT2D eigenvalue weighted by atomic mass is 16.8. The van der Waals surface area contributed by atoms with Crippen molar-refractivity contribution in [3.05, 3.63) is 41.5 Å². The molecule has 4 aliphatic heterocycles. The highest BCUT2D eigenvalue weighted by molar-refractivity contribution is 5.94. The zero-order valence-electron chi connectivity index (χ0n) is 28.7. The number of carbonyl (C=O) groups excluding carboxylic acids is 5. The van der Waals surface area contributed by atoms with Crippen molar-refractivity contribution in [1.82, 2.24) is 10.4 Å². The Hall–Kier alpha value is -3.89. The number of nitrogens with one attached hydrogen (secondary N) is 1. The molecule has 1 aromatic rings. The summed E-state index contributed by atoms with van der Waals surface area (Å²) < 4.78 is 33.2. The summed E-state index contributed by atoms with van der Waals surface area (Å²) in [7, 11) is 0. The molecule has 1 aliphatic carbocycles. The summed E-state index contributed by atoms with van der Waals surface area (Å²) in [6.07, 6.45) is -0.951. The maximum absolute atomic E-state index is 14.3. The highest BCUT2D eigenvalue weighted by Gasteiger charge is 2.74. The molecule has 0 unspecified atom stereocenters. The van der Waals surface area contributed by atoms with Gasteiger partial charge in [0.1, 0.15) is 48.8 Å². The molecule has 50 heavy (non-hydrogen) atoms. The van der Waals surface area contributed by atoms with Crippen molar-refractivity contribution in [1.29, 1.82) is 0 Å². The molecular weight excluding hydrogens is 656 g/mol. The molecule has 6 rings (SSSR count). The van der Waals surface area contributed by atoms with Gasteiger partial charge in [-0.1, -0.05) is 38.1 Å². The van der Waals surface area contributed by atoms with Crippen LogP contribution in [0.15, 0.2) is 30.3 Å². The Bertz CT molecular complexity index is 1540. The Balaban J connectivity index is 1.16. The number of nitrogens with zero attached hydrogens (tertiary/aromatic N) is 1. The van der Waals surface area contributed by atoms with E-state index in [1.54, 1.807) is 65.0 Å². The zero-order chi connectivity index (χ0) is 36.0. The molecule has 1 aromatic carbocycles. The third-order valence-electron chi connectivity index (χ3n) is 9.64. The van der Waals surface area contributed by atoms with Gasteiger partial charge in [-0.3, -0.25) is 19.2 Å². The first-order valence-electron chi connectivity index (χ1n) is 16.8. The van der Waals surface area contributed by atoms with Crippen LogP contribution in [0, 0.1) is 10.8 Å². The second kappa shape index (κ2) is 13.7. The number of hydroxylamine groups is 2. The largest absolute Gasteiger partial charge is 0.462 e. The second-order valence-electron chi connectivity index (χ2n) is 15.1. The first-order valence-corrected chi connectivity index (χ1v) is 16.8. The van der Waals surface area contributed by atoms with Crippen LogP contribution < -0.4 is 5.32 Å². The van der Waals surface area contributed by atoms with Crippen molar-refractivity contribution in [3.63, 3.8) is 0 Å². The Morgan fingerprint density at radius 2 is 1.82 bits per heavy atom. The van der Waals surface area contributed by atoms with Crippen molar-refractivity contribution < 1.29 is 62.3 Å². The van der Waals surface area contributed by atoms with E-state index in [4.69, 9.17) is 33.3 Å². The Morgan fingerprint density at radius 3 is 2.48 bits per heavy atom. The lowest BCUT2D eigenvalue weighted by Gasteiger charge is -2.49. The third-order valence-corrected chi connectivity index (χ3v) is 9.64. The standard InChI is InChI=1S/C35H44N2O13/c1-33(2,3)49-24(40)13-11-21(16-38)36-32(43)35-14-22-25-26(46-18-45-25)28(35)50-37(27(35)30(41)47-22)15-20-8-6-19(7-9-20)10-12-23(39)48-29-31(42)44-17-34(29,4)5/h6-10,12,21-22,25-29,38H,11,13-18H2,1-5H3,(H,36,43)/t21-,22+,25-,26-,27-,28+,29-,35-/m0/s1. The Labute approximate surface area is 289 Å². The molecule has 0 spiro atoms. The molecule has 0 aromatic heterocycles. The van der Waals surface area contributed by atoms with E-state index in [2.05, 4.69) is 5.32 Å². The smallest absolute Gasteiger partial charge is 0.348 e. The number of aliphatic hydroxyl groups is 1. The van der Waals surface area contributed by atoms with Crippen molar-refractivity contribution in [2.75, 3.05) is 20.0 Å². The van der Waals surface area contributed by atoms with Crippen LogP contribution in [0.2, 0.25) is 0 Å². The van der Waals surface area contributed by atoms with Gasteiger partial charge in [0.25, 0.3) is 0 Å². The van der Waals surface area contributed by atoms with Crippen LogP contribution in [-0.4, -0.2) is 108 Å². The van der Waals surface area contributed by atoms with Crippen molar-refractivity contribution in [3.8, 4) is 0 Å². The fourth-order valence-electron chi connectivity index (χ4n) is 7.22. The second-order valence-corrected chi connectivity index (χ2v) is 15.1. The minimum absolute atomic E-state index is 0.0305. The lowest BCUT2D eigenvalue weighted by molar-refractivity contribution is -0.201. The molecule has 2 N–H and O–H groups in total. The van der Waals surface area contributed by atoms with Crippen molar-refractivity contribution >= 4 is 35.9 Å². The average Bonchev–Trinajstić information content (AvgIpc) is 3.74. The maximum atomic E-state index is 14.3. The number of esters is 4. The lowest BCUT2D eigenvalue weighted by atomic mass is 9.62. The van der Waals surface area contributed by atoms with E-state index in [1.807, 2.05) is 0 Å². The number of ether oxygens (including phenoxy) is 6. The van der Waals surface area contributed by atoms with Crippen LogP contribution in [0.5, 0.6) is 0 Å². The normalized spacial score (nSPS) is 31.9. The summed E-state index contributed by atoms with van der Waals surface area (Å²) in [5.74, 6) is -2.88. The van der Waals surface area contributed by atoms with E-state index in [0.29, 0.717) is 5.56 Å². The summed E-state index contributed by atoms with van der Waals surface area (Å²) in [6.45, 7) is 8.61. The van der Waals surface area contributed by atoms with E-state index < -0.39 is 95.4 Å². The molecule has 2 bridgehead atoms. The predicted octanol–water partition coefficient (Wildman–Crippen LogP) is 1.34. The Kier molecular flexibility index (Phi) is 9.82. The van der Waals surface area contributed by atoms with E-state index in [1.165, 1.54) is 11.1 Å². The molecule has 15 heteroatoms. The summed E-state index contributed by atoms with van der Waals surface area (Å²) >= 11 is 0. The minimum Gasteiger partial charge on any atom is -0.462 e. The number of hydrogen-bond acceptors (Lipinski definition) is 14. The van der Waals surface area contributed by atoms with Gasteiger partial charge >= 0.3 is 23.9 Å². The molecule has 5 aliphatic rings. The molecule has 4 saturated heterocycles. The molecule has 4 heterocycles. The number of amides is 1. The SMILES string of the molecule is CC(C)(C)OC(=O)CC[C@@H](CO)NC(=O)[C@@]12C[C@H]3OC(=O)[C@@H]1N(Cc1ccc(C=CC(=O)O[C@H]4C(=O)OCC4(C)C)cc1)O[C@@H]2[C@H]1OCO[C@H]13. The molecule has 15 nitrogen and oxygen atoms in total. The van der Waals surface area contributed by atoms with E-state index in [-0.39, 0.29) is 39.2 Å². The number of carbonyl (C=O) groups is 5. The maximum Gasteiger partial charge on any atom is 0.348 e. The topological polar surface area (TPSA) is 185 Å². The van der Waals surface area contributed by atoms with Gasteiger partial charge in [-0.2, -0.15) is 5.06 Å². The fraction of sp³-hybridized carbons (Fsp3) is 0.629. The number of cyclic esters (lactones) is 1. The number of hydrogen-bond donors (Lipinski definition) is 2. The summed E-state index contributed by atoms with van der Waals surface area (Å²) in [5.41, 5.74) is -1.33. The molecule has 8 atom stereocenters. The monoisotopic (exact) mass is 700 g/mol. The predicted molar refractivity (Wildman–Crippen MR) is 170 cm³/mol. The van der Waals surface area contributed by atoms with Crippen LogP contribution in [0.25, 0.3) is 6.08 Å². The molecular formula is C35H44N2O13. The summed E-state index contributed by atoms with van der Waals surface area (Å²) in [5, 5.41) is 14.4. The van der Waals surface area contributed by atoms with Gasteiger partial charge in [-0.15, -0.1) is 0 Å². The molecule has 1 saturated carbocycles. The quantitative estimate of drug-likeness (QED) is 0.191. The first-order chi connectivity index (χ1) is 23.6. The fourth-order valence-corrected chi connectivity index (χ4v) is 7.22. The summed E-state index contributed by atoms with van der Waals surface area (Å²) in [4.78, 5) is 71.0. The summed E-state index contributed by atoms with van der Waals surface area (Å²) in [6, 6.07) is 5.16. The number of benzene rings is 1. The number of rotatable bonds is 11. The van der Waals surface area contributed by atoms with Crippen LogP contribution in [0.1, 0.15) is 65.0 Å². The van der Waals surface area contributed by atoms with Gasteiger partial charge in [0.15, 0.2) is 6.04 Å². The highest BCUT2D eigenvalue weighted by Crippen LogP contribution is 2.55. The van der Waals surface area contributed by atoms with E-state index in [0.717, 1.165) is 5.56 Å². The first kappa shape index (κ1) is 35.9. The lowest BCUT2D eigenvalue weighted by Crippen LogP contribution is -2.70. The van der Waals surface area contributed by atoms with Gasteiger partial charge in [0.2, 0.25) is 12.0 Å². The van der Waals surface area contributed by atoms with Crippen LogP contribution in [-0.2, 0) is 63.8 Å². The third kappa shape index (κ3) is 7.01.